The van der Waals surface area contributed by atoms with E-state index in [1.54, 1.807) is 0 Å². The molecule has 0 radical (unpaired) electrons. The summed E-state index contributed by atoms with van der Waals surface area (Å²) in [5.74, 6) is 2.00. The Kier molecular flexibility index (Phi) is 6.86. The summed E-state index contributed by atoms with van der Waals surface area (Å²) in [4.78, 5) is 2.55. The van der Waals surface area contributed by atoms with Crippen LogP contribution in [0.4, 0.5) is 17.1 Å². The fourth-order valence-corrected chi connectivity index (χ4v) is 8.09. The van der Waals surface area contributed by atoms with E-state index in [0.29, 0.717) is 0 Å². The summed E-state index contributed by atoms with van der Waals surface area (Å²) in [6.07, 6.45) is 2.38. The van der Waals surface area contributed by atoms with Crippen LogP contribution in [0.3, 0.4) is 0 Å². The molecule has 0 saturated heterocycles. The predicted molar refractivity (Wildman–Crippen MR) is 204 cm³/mol. The maximum Gasteiger partial charge on any atom is 0.256 e. The SMILES string of the molecule is CC(C)(C)c1cc(N2c3cc(C(C)(C)C)ccc3B3c4cc5c(cc4Oc4cccc2c43)C(C)(C)CCC5(C)C)cc(C(C)(C)C)c1. The lowest BCUT2D eigenvalue weighted by Crippen LogP contribution is -2.60. The molecule has 4 aromatic carbocycles. The molecule has 4 aromatic rings. The maximum absolute atomic E-state index is 6.96. The second kappa shape index (κ2) is 10.0. The molecule has 0 aromatic heterocycles. The van der Waals surface area contributed by atoms with Crippen molar-refractivity contribution in [3.8, 4) is 11.5 Å². The number of anilines is 3. The molecule has 47 heavy (non-hydrogen) atoms. The van der Waals surface area contributed by atoms with Gasteiger partial charge in [-0.1, -0.05) is 120 Å². The molecule has 0 unspecified atom stereocenters. The zero-order valence-corrected chi connectivity index (χ0v) is 31.2. The van der Waals surface area contributed by atoms with Crippen molar-refractivity contribution in [3.63, 3.8) is 0 Å². The lowest BCUT2D eigenvalue weighted by Gasteiger charge is -2.45. The molecule has 0 bridgehead atoms. The maximum atomic E-state index is 6.96. The first-order chi connectivity index (χ1) is 21.7. The Morgan fingerprint density at radius 1 is 0.574 bits per heavy atom. The molecule has 1 aliphatic carbocycles. The molecule has 0 atom stereocenters. The van der Waals surface area contributed by atoms with Crippen LogP contribution < -0.4 is 26.0 Å². The Balaban J connectivity index is 1.54. The molecule has 2 aliphatic heterocycles. The molecule has 0 saturated carbocycles. The van der Waals surface area contributed by atoms with Gasteiger partial charge in [0.15, 0.2) is 0 Å². The Bertz CT molecular complexity index is 1890. The van der Waals surface area contributed by atoms with Crippen molar-refractivity contribution in [2.24, 2.45) is 0 Å². The summed E-state index contributed by atoms with van der Waals surface area (Å²) in [5, 5.41) is 0. The molecule has 3 heteroatoms. The summed E-state index contributed by atoms with van der Waals surface area (Å²) < 4.78 is 6.96. The quantitative estimate of drug-likeness (QED) is 0.169. The molecular weight excluding hydrogens is 569 g/mol. The Labute approximate surface area is 285 Å². The van der Waals surface area contributed by atoms with E-state index in [1.807, 2.05) is 0 Å². The molecule has 7 rings (SSSR count). The van der Waals surface area contributed by atoms with E-state index >= 15 is 0 Å². The molecule has 0 N–H and O–H groups in total. The second-order valence-corrected chi connectivity index (χ2v) is 19.1. The van der Waals surface area contributed by atoms with Gasteiger partial charge in [0.25, 0.3) is 6.71 Å². The van der Waals surface area contributed by atoms with Crippen LogP contribution in [-0.4, -0.2) is 6.71 Å². The molecule has 0 amide bonds. The fraction of sp³-hybridized carbons (Fsp3) is 0.455. The minimum absolute atomic E-state index is 0.0161. The first-order valence-electron chi connectivity index (χ1n) is 17.8. The lowest BCUT2D eigenvalue weighted by molar-refractivity contribution is 0.330. The first kappa shape index (κ1) is 32.1. The first-order valence-corrected chi connectivity index (χ1v) is 17.8. The molecule has 2 nitrogen and oxygen atoms in total. The Morgan fingerprint density at radius 2 is 1.15 bits per heavy atom. The highest BCUT2D eigenvalue weighted by Crippen LogP contribution is 2.49. The van der Waals surface area contributed by atoms with Gasteiger partial charge in [-0.05, 0) is 121 Å². The van der Waals surface area contributed by atoms with Crippen molar-refractivity contribution in [1.82, 2.24) is 0 Å². The van der Waals surface area contributed by atoms with Gasteiger partial charge in [0, 0.05) is 17.1 Å². The van der Waals surface area contributed by atoms with Crippen LogP contribution in [0, 0.1) is 0 Å². The predicted octanol–water partition coefficient (Wildman–Crippen LogP) is 10.3. The summed E-state index contributed by atoms with van der Waals surface area (Å²) in [7, 11) is 0. The molecular formula is C44H54BNO. The van der Waals surface area contributed by atoms with Crippen LogP contribution in [0.5, 0.6) is 11.5 Å². The highest BCUT2D eigenvalue weighted by atomic mass is 16.5. The number of benzene rings is 4. The van der Waals surface area contributed by atoms with Crippen molar-refractivity contribution >= 4 is 40.2 Å². The fourth-order valence-electron chi connectivity index (χ4n) is 8.09. The van der Waals surface area contributed by atoms with Gasteiger partial charge in [-0.25, -0.2) is 0 Å². The smallest absolute Gasteiger partial charge is 0.256 e. The minimum atomic E-state index is 0.0161. The monoisotopic (exact) mass is 623 g/mol. The van der Waals surface area contributed by atoms with E-state index < -0.39 is 0 Å². The van der Waals surface area contributed by atoms with Crippen LogP contribution in [-0.2, 0) is 27.1 Å². The molecule has 2 heterocycles. The highest BCUT2D eigenvalue weighted by Gasteiger charge is 2.45. The van der Waals surface area contributed by atoms with Gasteiger partial charge in [-0.3, -0.25) is 0 Å². The number of hydrogen-bond donors (Lipinski definition) is 0. The minimum Gasteiger partial charge on any atom is -0.458 e. The second-order valence-electron chi connectivity index (χ2n) is 19.1. The van der Waals surface area contributed by atoms with Crippen LogP contribution in [0.2, 0.25) is 0 Å². The van der Waals surface area contributed by atoms with Crippen molar-refractivity contribution in [2.75, 3.05) is 4.90 Å². The molecule has 244 valence electrons. The summed E-state index contributed by atoms with van der Waals surface area (Å²) >= 11 is 0. The zero-order valence-electron chi connectivity index (χ0n) is 31.2. The highest BCUT2D eigenvalue weighted by molar-refractivity contribution is 6.99. The van der Waals surface area contributed by atoms with Crippen LogP contribution in [0.1, 0.15) is 131 Å². The largest absolute Gasteiger partial charge is 0.458 e. The number of fused-ring (bicyclic) bond motifs is 5. The van der Waals surface area contributed by atoms with Gasteiger partial charge in [-0.15, -0.1) is 0 Å². The average Bonchev–Trinajstić information content (AvgIpc) is 2.97. The average molecular weight is 624 g/mol. The van der Waals surface area contributed by atoms with Crippen molar-refractivity contribution in [3.05, 3.63) is 94.5 Å². The third-order valence-electron chi connectivity index (χ3n) is 11.4. The third kappa shape index (κ3) is 5.15. The summed E-state index contributed by atoms with van der Waals surface area (Å²) in [5.41, 5.74) is 15.0. The Hall–Kier alpha value is -3.46. The normalized spacial score (nSPS) is 17.7. The number of rotatable bonds is 1. The zero-order chi connectivity index (χ0) is 34.1. The van der Waals surface area contributed by atoms with Gasteiger partial charge < -0.3 is 9.64 Å². The van der Waals surface area contributed by atoms with E-state index in [-0.39, 0.29) is 33.8 Å². The summed E-state index contributed by atoms with van der Waals surface area (Å²) in [6, 6.07) is 26.2. The van der Waals surface area contributed by atoms with Gasteiger partial charge in [0.05, 0.1) is 0 Å². The Morgan fingerprint density at radius 3 is 1.72 bits per heavy atom. The van der Waals surface area contributed by atoms with Crippen LogP contribution in [0.25, 0.3) is 0 Å². The van der Waals surface area contributed by atoms with Crippen LogP contribution in [0.15, 0.2) is 66.7 Å². The van der Waals surface area contributed by atoms with Gasteiger partial charge in [0.1, 0.15) is 11.5 Å². The van der Waals surface area contributed by atoms with Crippen molar-refractivity contribution in [1.29, 1.82) is 0 Å². The van der Waals surface area contributed by atoms with E-state index in [2.05, 4.69) is 162 Å². The lowest BCUT2D eigenvalue weighted by atomic mass is 9.33. The van der Waals surface area contributed by atoms with Crippen molar-refractivity contribution in [2.45, 2.75) is 130 Å². The van der Waals surface area contributed by atoms with Gasteiger partial charge in [0.2, 0.25) is 0 Å². The van der Waals surface area contributed by atoms with E-state index in [0.717, 1.165) is 11.5 Å². The number of ether oxygens (including phenoxy) is 1. The van der Waals surface area contributed by atoms with E-state index in [4.69, 9.17) is 4.74 Å². The van der Waals surface area contributed by atoms with Crippen LogP contribution >= 0.6 is 0 Å². The van der Waals surface area contributed by atoms with Gasteiger partial charge in [-0.2, -0.15) is 0 Å². The molecule has 0 spiro atoms. The standard InChI is InChI=1S/C44H54BNO/c1-40(2,3)27-17-18-33-36(24-27)46(30-22-28(41(4,5)6)21-29(23-30)42(7,8)9)35-15-14-16-37-39(35)45(33)34-25-31-32(26-38(34)47-37)44(12,13)20-19-43(31,10)11/h14-18,21-26H,19-20H2,1-13H3. The van der Waals surface area contributed by atoms with Crippen molar-refractivity contribution < 1.29 is 4.74 Å². The van der Waals surface area contributed by atoms with Gasteiger partial charge >= 0.3 is 0 Å². The molecule has 3 aliphatic rings. The van der Waals surface area contributed by atoms with E-state index in [1.165, 1.54) is 74.1 Å². The molecule has 0 fully saturated rings. The number of hydrogen-bond acceptors (Lipinski definition) is 2. The van der Waals surface area contributed by atoms with E-state index in [9.17, 15) is 0 Å². The topological polar surface area (TPSA) is 12.5 Å². The number of nitrogens with zero attached hydrogens (tertiary/aromatic N) is 1. The third-order valence-corrected chi connectivity index (χ3v) is 11.4. The summed E-state index contributed by atoms with van der Waals surface area (Å²) in [6.45, 7) is 30.7.